The highest BCUT2D eigenvalue weighted by Gasteiger charge is 2.15. The van der Waals surface area contributed by atoms with Crippen LogP contribution in [-0.4, -0.2) is 33.3 Å². The number of halogens is 1. The van der Waals surface area contributed by atoms with Gasteiger partial charge in [-0.3, -0.25) is 5.10 Å². The number of aromatic hydroxyl groups is 1. The molecule has 0 aliphatic rings. The molecular weight excluding hydrogens is 380 g/mol. The first kappa shape index (κ1) is 17.7. The Morgan fingerprint density at radius 1 is 1.48 bits per heavy atom. The molecule has 0 spiro atoms. The van der Waals surface area contributed by atoms with Crippen LogP contribution >= 0.6 is 28.1 Å². The van der Waals surface area contributed by atoms with Gasteiger partial charge in [-0.25, -0.2) is 0 Å². The third-order valence-electron chi connectivity index (χ3n) is 3.67. The molecule has 1 heterocycles. The number of hydrogen-bond acceptors (Lipinski definition) is 5. The normalized spacial score (nSPS) is 11.5. The van der Waals surface area contributed by atoms with Crippen molar-refractivity contribution in [3.05, 3.63) is 32.8 Å². The lowest BCUT2D eigenvalue weighted by Gasteiger charge is -2.10. The standard InChI is InChI=1S/C15H19BrN4O2S/c1-4-9(5-2)14-18-19-15(23)20(14)17-8-10-6-7-11(22-3)13(21)12(10)16/h6-9,21H,4-5H2,1-3H3,(H,19,23)/b17-8-. The van der Waals surface area contributed by atoms with Gasteiger partial charge in [-0.1, -0.05) is 13.8 Å². The maximum atomic E-state index is 10.0. The van der Waals surface area contributed by atoms with Crippen LogP contribution in [0.1, 0.15) is 44.0 Å². The van der Waals surface area contributed by atoms with Gasteiger partial charge in [-0.05, 0) is 53.1 Å². The minimum Gasteiger partial charge on any atom is -0.503 e. The molecule has 124 valence electrons. The first-order valence-electron chi connectivity index (χ1n) is 7.30. The Morgan fingerprint density at radius 3 is 2.78 bits per heavy atom. The first-order chi connectivity index (χ1) is 11.0. The number of nitrogens with zero attached hydrogens (tertiary/aromatic N) is 3. The number of ether oxygens (including phenoxy) is 1. The van der Waals surface area contributed by atoms with E-state index in [9.17, 15) is 5.11 Å². The van der Waals surface area contributed by atoms with Crippen LogP contribution in [0.25, 0.3) is 0 Å². The summed E-state index contributed by atoms with van der Waals surface area (Å²) in [7, 11) is 1.50. The van der Waals surface area contributed by atoms with Crippen LogP contribution in [0.15, 0.2) is 21.7 Å². The molecule has 0 amide bonds. The van der Waals surface area contributed by atoms with E-state index in [-0.39, 0.29) is 11.7 Å². The van der Waals surface area contributed by atoms with Crippen molar-refractivity contribution in [2.45, 2.75) is 32.6 Å². The van der Waals surface area contributed by atoms with Crippen LogP contribution in [0.4, 0.5) is 0 Å². The summed E-state index contributed by atoms with van der Waals surface area (Å²) in [5, 5.41) is 21.5. The van der Waals surface area contributed by atoms with Crippen molar-refractivity contribution in [1.82, 2.24) is 14.9 Å². The third-order valence-corrected chi connectivity index (χ3v) is 4.77. The lowest BCUT2D eigenvalue weighted by Crippen LogP contribution is -2.05. The summed E-state index contributed by atoms with van der Waals surface area (Å²) in [5.74, 6) is 1.53. The molecule has 0 saturated heterocycles. The van der Waals surface area contributed by atoms with Crippen molar-refractivity contribution < 1.29 is 9.84 Å². The maximum absolute atomic E-state index is 10.0. The van der Waals surface area contributed by atoms with Crippen LogP contribution in [-0.2, 0) is 0 Å². The van der Waals surface area contributed by atoms with E-state index in [2.05, 4.69) is 45.1 Å². The topological polar surface area (TPSA) is 75.4 Å². The number of aromatic nitrogens is 3. The van der Waals surface area contributed by atoms with E-state index in [0.717, 1.165) is 18.7 Å². The zero-order valence-electron chi connectivity index (χ0n) is 13.2. The molecule has 0 aliphatic carbocycles. The Kier molecular flexibility index (Phi) is 5.95. The molecule has 0 unspecified atom stereocenters. The molecule has 0 atom stereocenters. The summed E-state index contributed by atoms with van der Waals surface area (Å²) in [6.07, 6.45) is 3.54. The van der Waals surface area contributed by atoms with E-state index in [1.807, 2.05) is 0 Å². The molecule has 1 aromatic carbocycles. The predicted molar refractivity (Wildman–Crippen MR) is 96.1 cm³/mol. The Morgan fingerprint density at radius 2 is 2.17 bits per heavy atom. The van der Waals surface area contributed by atoms with E-state index in [4.69, 9.17) is 17.0 Å². The third kappa shape index (κ3) is 3.64. The second kappa shape index (κ2) is 7.74. The zero-order valence-corrected chi connectivity index (χ0v) is 15.6. The number of methoxy groups -OCH3 is 1. The molecule has 2 aromatic rings. The first-order valence-corrected chi connectivity index (χ1v) is 8.50. The van der Waals surface area contributed by atoms with Crippen molar-refractivity contribution in [2.75, 3.05) is 7.11 Å². The quantitative estimate of drug-likeness (QED) is 0.564. The van der Waals surface area contributed by atoms with Crippen molar-refractivity contribution in [3.8, 4) is 11.5 Å². The fraction of sp³-hybridized carbons (Fsp3) is 0.400. The zero-order chi connectivity index (χ0) is 17.0. The van der Waals surface area contributed by atoms with Crippen molar-refractivity contribution in [1.29, 1.82) is 0 Å². The number of rotatable bonds is 6. The summed E-state index contributed by atoms with van der Waals surface area (Å²) >= 11 is 8.60. The molecule has 23 heavy (non-hydrogen) atoms. The number of nitrogens with one attached hydrogen (secondary N) is 1. The number of aromatic amines is 1. The summed E-state index contributed by atoms with van der Waals surface area (Å²) < 4.78 is 7.65. The van der Waals surface area contributed by atoms with Gasteiger partial charge in [-0.15, -0.1) is 0 Å². The molecule has 0 radical (unpaired) electrons. The average Bonchev–Trinajstić information content (AvgIpc) is 2.91. The van der Waals surface area contributed by atoms with E-state index < -0.39 is 0 Å². The van der Waals surface area contributed by atoms with Gasteiger partial charge in [-0.2, -0.15) is 14.9 Å². The van der Waals surface area contributed by atoms with Gasteiger partial charge in [0, 0.05) is 11.5 Å². The Labute approximate surface area is 148 Å². The summed E-state index contributed by atoms with van der Waals surface area (Å²) in [4.78, 5) is 0. The van der Waals surface area contributed by atoms with E-state index in [1.54, 1.807) is 23.0 Å². The highest BCUT2D eigenvalue weighted by molar-refractivity contribution is 9.10. The largest absolute Gasteiger partial charge is 0.503 e. The number of phenols is 1. The molecule has 1 aromatic heterocycles. The van der Waals surface area contributed by atoms with Crippen molar-refractivity contribution in [2.24, 2.45) is 5.10 Å². The second-order valence-corrected chi connectivity index (χ2v) is 6.16. The summed E-state index contributed by atoms with van der Waals surface area (Å²) in [6, 6.07) is 3.48. The molecule has 2 N–H and O–H groups in total. The van der Waals surface area contributed by atoms with Crippen LogP contribution in [0.5, 0.6) is 11.5 Å². The highest BCUT2D eigenvalue weighted by atomic mass is 79.9. The maximum Gasteiger partial charge on any atom is 0.216 e. The molecule has 0 saturated carbocycles. The number of H-pyrrole nitrogens is 1. The molecule has 8 heteroatoms. The number of hydrogen-bond donors (Lipinski definition) is 2. The minimum atomic E-state index is 0.0347. The summed E-state index contributed by atoms with van der Waals surface area (Å²) in [6.45, 7) is 4.22. The monoisotopic (exact) mass is 398 g/mol. The SMILES string of the molecule is CCC(CC)c1n[nH]c(=S)n1/N=C\c1ccc(OC)c(O)c1Br. The van der Waals surface area contributed by atoms with E-state index in [1.165, 1.54) is 7.11 Å². The van der Waals surface area contributed by atoms with Gasteiger partial charge in [0.15, 0.2) is 17.3 Å². The summed E-state index contributed by atoms with van der Waals surface area (Å²) in [5.41, 5.74) is 0.710. The van der Waals surface area contributed by atoms with Gasteiger partial charge >= 0.3 is 0 Å². The molecule has 0 fully saturated rings. The molecule has 6 nitrogen and oxygen atoms in total. The van der Waals surface area contributed by atoms with Crippen LogP contribution in [0.2, 0.25) is 0 Å². The van der Waals surface area contributed by atoms with Crippen LogP contribution < -0.4 is 4.74 Å². The molecule has 0 aliphatic heterocycles. The van der Waals surface area contributed by atoms with Gasteiger partial charge in [0.2, 0.25) is 4.77 Å². The van der Waals surface area contributed by atoms with E-state index >= 15 is 0 Å². The van der Waals surface area contributed by atoms with Gasteiger partial charge in [0.05, 0.1) is 17.8 Å². The fourth-order valence-electron chi connectivity index (χ4n) is 2.28. The second-order valence-electron chi connectivity index (χ2n) is 4.98. The van der Waals surface area contributed by atoms with Crippen LogP contribution in [0.3, 0.4) is 0 Å². The Hall–Kier alpha value is -1.67. The van der Waals surface area contributed by atoms with Crippen molar-refractivity contribution >= 4 is 34.4 Å². The van der Waals surface area contributed by atoms with Gasteiger partial charge in [0.25, 0.3) is 0 Å². The van der Waals surface area contributed by atoms with Gasteiger partial charge in [0.1, 0.15) is 0 Å². The van der Waals surface area contributed by atoms with Gasteiger partial charge < -0.3 is 9.84 Å². The van der Waals surface area contributed by atoms with Crippen molar-refractivity contribution in [3.63, 3.8) is 0 Å². The Bertz CT molecular complexity index is 765. The van der Waals surface area contributed by atoms with E-state index in [0.29, 0.717) is 20.6 Å². The average molecular weight is 399 g/mol. The fourth-order valence-corrected chi connectivity index (χ4v) is 2.90. The lowest BCUT2D eigenvalue weighted by atomic mass is 10.0. The molecular formula is C15H19BrN4O2S. The van der Waals surface area contributed by atoms with Crippen LogP contribution in [0, 0.1) is 4.77 Å². The lowest BCUT2D eigenvalue weighted by molar-refractivity contribution is 0.372. The Balaban J connectivity index is 2.40. The molecule has 2 rings (SSSR count). The smallest absolute Gasteiger partial charge is 0.216 e. The highest BCUT2D eigenvalue weighted by Crippen LogP contribution is 2.35. The predicted octanol–water partition coefficient (Wildman–Crippen LogP) is 4.20. The number of benzene rings is 1. The molecule has 0 bridgehead atoms. The number of phenolic OH excluding ortho intramolecular Hbond substituents is 1. The minimum absolute atomic E-state index is 0.0347.